The molecule has 0 N–H and O–H groups in total. The first-order valence-electron chi connectivity index (χ1n) is 5.14. The van der Waals surface area contributed by atoms with E-state index in [1.54, 1.807) is 18.2 Å². The molecule has 4 heteroatoms. The van der Waals surface area contributed by atoms with Crippen molar-refractivity contribution >= 4 is 47.0 Å². The van der Waals surface area contributed by atoms with Crippen LogP contribution in [0.3, 0.4) is 0 Å². The number of rotatable bonds is 2. The predicted molar refractivity (Wildman–Crippen MR) is 76.8 cm³/mol. The van der Waals surface area contributed by atoms with E-state index in [9.17, 15) is 4.39 Å². The molecule has 0 aliphatic carbocycles. The Morgan fingerprint density at radius 2 is 1.50 bits per heavy atom. The monoisotopic (exact) mass is 300 g/mol. The highest BCUT2D eigenvalue weighted by molar-refractivity contribution is 6.35. The molecule has 0 atom stereocenters. The van der Waals surface area contributed by atoms with Crippen molar-refractivity contribution in [3.8, 4) is 0 Å². The molecule has 0 amide bonds. The first-order valence-corrected chi connectivity index (χ1v) is 6.28. The fraction of sp³-hybridized carbons (Fsp3) is 0. The van der Waals surface area contributed by atoms with Crippen LogP contribution in [0.4, 0.5) is 4.39 Å². The zero-order chi connectivity index (χ0) is 13.1. The molecule has 2 aromatic carbocycles. The third-order valence-corrected chi connectivity index (χ3v) is 3.23. The summed E-state index contributed by atoms with van der Waals surface area (Å²) in [6.07, 6.45) is 3.55. The van der Waals surface area contributed by atoms with Crippen molar-refractivity contribution in [2.45, 2.75) is 0 Å². The maximum atomic E-state index is 13.3. The van der Waals surface area contributed by atoms with Crippen LogP contribution in [0.5, 0.6) is 0 Å². The van der Waals surface area contributed by atoms with E-state index in [2.05, 4.69) is 0 Å². The first kappa shape index (κ1) is 13.4. The van der Waals surface area contributed by atoms with Crippen molar-refractivity contribution in [2.75, 3.05) is 0 Å². The summed E-state index contributed by atoms with van der Waals surface area (Å²) in [5.41, 5.74) is 1.53. The molecule has 0 radical (unpaired) electrons. The largest absolute Gasteiger partial charge is 0.205 e. The van der Waals surface area contributed by atoms with Crippen LogP contribution < -0.4 is 0 Å². The Labute approximate surface area is 120 Å². The van der Waals surface area contributed by atoms with Crippen LogP contribution in [0.1, 0.15) is 11.1 Å². The Morgan fingerprint density at radius 1 is 0.833 bits per heavy atom. The molecular formula is C14H8Cl3F. The Morgan fingerprint density at radius 3 is 2.17 bits per heavy atom. The molecule has 18 heavy (non-hydrogen) atoms. The lowest BCUT2D eigenvalue weighted by Gasteiger charge is -2.01. The van der Waals surface area contributed by atoms with Gasteiger partial charge in [0.25, 0.3) is 0 Å². The minimum Gasteiger partial charge on any atom is -0.205 e. The van der Waals surface area contributed by atoms with E-state index in [4.69, 9.17) is 34.8 Å². The molecule has 0 fully saturated rings. The van der Waals surface area contributed by atoms with E-state index >= 15 is 0 Å². The molecule has 2 aromatic rings. The summed E-state index contributed by atoms with van der Waals surface area (Å²) < 4.78 is 13.3. The molecule has 0 aliphatic rings. The van der Waals surface area contributed by atoms with Gasteiger partial charge in [0, 0.05) is 10.0 Å². The molecule has 0 aromatic heterocycles. The van der Waals surface area contributed by atoms with Gasteiger partial charge in [-0.25, -0.2) is 4.39 Å². The topological polar surface area (TPSA) is 0 Å². The Balaban J connectivity index is 2.28. The number of hydrogen-bond donors (Lipinski definition) is 0. The van der Waals surface area contributed by atoms with Gasteiger partial charge in [0.15, 0.2) is 0 Å². The molecule has 92 valence electrons. The number of hydrogen-bond acceptors (Lipinski definition) is 0. The second-order valence-electron chi connectivity index (χ2n) is 3.67. The first-order chi connectivity index (χ1) is 8.56. The van der Waals surface area contributed by atoms with Crippen LogP contribution in [-0.2, 0) is 0 Å². The summed E-state index contributed by atoms with van der Waals surface area (Å²) in [4.78, 5) is 0. The summed E-state index contributed by atoms with van der Waals surface area (Å²) in [6, 6.07) is 9.98. The fourth-order valence-corrected chi connectivity index (χ4v) is 2.00. The second kappa shape index (κ2) is 5.75. The van der Waals surface area contributed by atoms with Crippen LogP contribution in [0, 0.1) is 5.82 Å². The molecule has 0 aliphatic heterocycles. The number of benzene rings is 2. The maximum Gasteiger partial charge on any atom is 0.142 e. The van der Waals surface area contributed by atoms with Gasteiger partial charge in [0.05, 0.1) is 5.02 Å². The van der Waals surface area contributed by atoms with E-state index in [0.717, 1.165) is 5.56 Å². The van der Waals surface area contributed by atoms with E-state index in [-0.39, 0.29) is 5.02 Å². The van der Waals surface area contributed by atoms with Gasteiger partial charge in [-0.1, -0.05) is 59.1 Å². The lowest BCUT2D eigenvalue weighted by atomic mass is 10.1. The van der Waals surface area contributed by atoms with Gasteiger partial charge in [0.2, 0.25) is 0 Å². The average molecular weight is 302 g/mol. The third-order valence-electron chi connectivity index (χ3n) is 2.36. The smallest absolute Gasteiger partial charge is 0.142 e. The van der Waals surface area contributed by atoms with Crippen LogP contribution >= 0.6 is 34.8 Å². The minimum atomic E-state index is -0.489. The van der Waals surface area contributed by atoms with E-state index in [1.165, 1.54) is 12.1 Å². The third kappa shape index (κ3) is 3.26. The zero-order valence-electron chi connectivity index (χ0n) is 9.13. The highest BCUT2D eigenvalue weighted by Gasteiger charge is 2.04. The summed E-state index contributed by atoms with van der Waals surface area (Å²) in [6.45, 7) is 0. The molecular weight excluding hydrogens is 294 g/mol. The van der Waals surface area contributed by atoms with Crippen molar-refractivity contribution in [3.63, 3.8) is 0 Å². The van der Waals surface area contributed by atoms with Gasteiger partial charge in [-0.15, -0.1) is 0 Å². The predicted octanol–water partition coefficient (Wildman–Crippen LogP) is 5.96. The van der Waals surface area contributed by atoms with E-state index in [0.29, 0.717) is 15.6 Å². The van der Waals surface area contributed by atoms with Crippen LogP contribution in [0.15, 0.2) is 36.4 Å². The van der Waals surface area contributed by atoms with Crippen molar-refractivity contribution in [3.05, 3.63) is 68.4 Å². The van der Waals surface area contributed by atoms with Crippen molar-refractivity contribution < 1.29 is 4.39 Å². The van der Waals surface area contributed by atoms with Crippen molar-refractivity contribution in [1.29, 1.82) is 0 Å². The average Bonchev–Trinajstić information content (AvgIpc) is 2.34. The summed E-state index contributed by atoms with van der Waals surface area (Å²) in [5.74, 6) is -0.489. The lowest BCUT2D eigenvalue weighted by Crippen LogP contribution is -1.81. The van der Waals surface area contributed by atoms with Crippen LogP contribution in [-0.4, -0.2) is 0 Å². The number of halogens is 4. The minimum absolute atomic E-state index is 0.0173. The molecule has 0 nitrogen and oxygen atoms in total. The second-order valence-corrected chi connectivity index (χ2v) is 4.92. The van der Waals surface area contributed by atoms with Gasteiger partial charge in [0.1, 0.15) is 5.82 Å². The van der Waals surface area contributed by atoms with Crippen LogP contribution in [0.2, 0.25) is 15.1 Å². The van der Waals surface area contributed by atoms with Gasteiger partial charge in [-0.2, -0.15) is 0 Å². The molecule has 0 saturated carbocycles. The standard InChI is InChI=1S/C14H8Cl3F/c15-11-5-2-9(3-6-11)1-4-10-7-14(18)13(17)8-12(10)16/h1-8H/b4-1+. The van der Waals surface area contributed by atoms with Crippen LogP contribution in [0.25, 0.3) is 12.2 Å². The highest BCUT2D eigenvalue weighted by atomic mass is 35.5. The van der Waals surface area contributed by atoms with Crippen molar-refractivity contribution in [1.82, 2.24) is 0 Å². The fourth-order valence-electron chi connectivity index (χ4n) is 1.43. The van der Waals surface area contributed by atoms with Crippen molar-refractivity contribution in [2.24, 2.45) is 0 Å². The van der Waals surface area contributed by atoms with Gasteiger partial charge < -0.3 is 0 Å². The molecule has 0 bridgehead atoms. The maximum absolute atomic E-state index is 13.3. The van der Waals surface area contributed by atoms with Gasteiger partial charge in [-0.05, 0) is 35.4 Å². The lowest BCUT2D eigenvalue weighted by molar-refractivity contribution is 0.628. The molecule has 0 heterocycles. The molecule has 0 unspecified atom stereocenters. The summed E-state index contributed by atoms with van der Waals surface area (Å²) >= 11 is 17.4. The van der Waals surface area contributed by atoms with Gasteiger partial charge in [-0.3, -0.25) is 0 Å². The highest BCUT2D eigenvalue weighted by Crippen LogP contribution is 2.25. The normalized spacial score (nSPS) is 11.1. The summed E-state index contributed by atoms with van der Waals surface area (Å²) in [7, 11) is 0. The summed E-state index contributed by atoms with van der Waals surface area (Å²) in [5, 5.41) is 1.10. The molecule has 0 spiro atoms. The quantitative estimate of drug-likeness (QED) is 0.474. The Kier molecular flexibility index (Phi) is 4.28. The Bertz CT molecular complexity index is 589. The molecule has 2 rings (SSSR count). The van der Waals surface area contributed by atoms with E-state index in [1.807, 2.05) is 18.2 Å². The zero-order valence-corrected chi connectivity index (χ0v) is 11.4. The van der Waals surface area contributed by atoms with E-state index < -0.39 is 5.82 Å². The van der Waals surface area contributed by atoms with Gasteiger partial charge >= 0.3 is 0 Å². The Hall–Kier alpha value is -1.02. The SMILES string of the molecule is Fc1cc(/C=C/c2ccc(Cl)cc2)c(Cl)cc1Cl. The molecule has 0 saturated heterocycles.